The van der Waals surface area contributed by atoms with Crippen LogP contribution in [0.5, 0.6) is 0 Å². The Morgan fingerprint density at radius 2 is 1.32 bits per heavy atom. The number of carbonyl (C=O) groups excluding carboxylic acids is 1. The second-order valence-corrected chi connectivity index (χ2v) is 11.7. The number of hydrazone groups is 1. The molecule has 2 aromatic carbocycles. The van der Waals surface area contributed by atoms with Crippen LogP contribution in [0.3, 0.4) is 0 Å². The molecular formula is C24H20N6O8S2. The van der Waals surface area contributed by atoms with Crippen LogP contribution in [-0.2, 0) is 25.0 Å². The van der Waals surface area contributed by atoms with E-state index in [1.54, 1.807) is 6.92 Å². The van der Waals surface area contributed by atoms with Crippen molar-refractivity contribution in [2.75, 3.05) is 10.7 Å². The molecule has 1 aliphatic heterocycles. The molecule has 2 aliphatic rings. The summed E-state index contributed by atoms with van der Waals surface area (Å²) in [5, 5.41) is 29.3. The highest BCUT2D eigenvalue weighted by Crippen LogP contribution is 2.43. The van der Waals surface area contributed by atoms with Crippen molar-refractivity contribution in [2.24, 2.45) is 5.10 Å². The SMILES string of the molecule is CC1=NN(c2ccc(S(=O)(=O)O)cc2)C(=N)/C1=C1\C(=O)C(c2c(C)nn(-c3ccc(S(=O)(=O)O)cc3)c2N)=C1O. The molecule has 3 aromatic rings. The van der Waals surface area contributed by atoms with Crippen molar-refractivity contribution >= 4 is 54.6 Å². The first-order chi connectivity index (χ1) is 18.6. The fourth-order valence-corrected chi connectivity index (χ4v) is 5.41. The van der Waals surface area contributed by atoms with Crippen LogP contribution in [-0.4, -0.2) is 58.2 Å². The highest BCUT2D eigenvalue weighted by Gasteiger charge is 2.43. The predicted octanol–water partition coefficient (Wildman–Crippen LogP) is 2.28. The fraction of sp³-hybridized carbons (Fsp3) is 0.0833. The van der Waals surface area contributed by atoms with E-state index in [1.807, 2.05) is 0 Å². The van der Waals surface area contributed by atoms with Gasteiger partial charge in [-0.25, -0.2) is 9.69 Å². The number of aliphatic hydroxyl groups is 1. The molecule has 6 N–H and O–H groups in total. The largest absolute Gasteiger partial charge is 0.506 e. The van der Waals surface area contributed by atoms with Gasteiger partial charge in [-0.3, -0.25) is 19.3 Å². The summed E-state index contributed by atoms with van der Waals surface area (Å²) in [4.78, 5) is 12.7. The molecule has 0 radical (unpaired) electrons. The van der Waals surface area contributed by atoms with Gasteiger partial charge in [-0.1, -0.05) is 0 Å². The van der Waals surface area contributed by atoms with E-state index < -0.39 is 31.8 Å². The lowest BCUT2D eigenvalue weighted by Crippen LogP contribution is -2.29. The molecule has 0 fully saturated rings. The van der Waals surface area contributed by atoms with Gasteiger partial charge in [0, 0.05) is 0 Å². The third-order valence-electron chi connectivity index (χ3n) is 6.34. The first-order valence-corrected chi connectivity index (χ1v) is 14.2. The van der Waals surface area contributed by atoms with Gasteiger partial charge >= 0.3 is 0 Å². The molecular weight excluding hydrogens is 564 g/mol. The average molecular weight is 585 g/mol. The number of Topliss-reactive ketones (excluding diaryl/α,β-unsaturated/α-hetero) is 1. The van der Waals surface area contributed by atoms with Gasteiger partial charge < -0.3 is 10.8 Å². The number of nitrogen functional groups attached to an aromatic ring is 1. The van der Waals surface area contributed by atoms with E-state index in [1.165, 1.54) is 35.9 Å². The van der Waals surface area contributed by atoms with Gasteiger partial charge in [0.1, 0.15) is 11.6 Å². The molecule has 1 aromatic heterocycles. The van der Waals surface area contributed by atoms with Gasteiger partial charge in [-0.2, -0.15) is 27.0 Å². The molecule has 0 saturated heterocycles. The normalized spacial score (nSPS) is 17.9. The minimum Gasteiger partial charge on any atom is -0.506 e. The summed E-state index contributed by atoms with van der Waals surface area (Å²) in [5.41, 5.74) is 7.38. The van der Waals surface area contributed by atoms with Crippen molar-refractivity contribution in [1.29, 1.82) is 5.41 Å². The van der Waals surface area contributed by atoms with E-state index in [0.717, 1.165) is 29.3 Å². The second-order valence-electron chi connectivity index (χ2n) is 8.84. The maximum Gasteiger partial charge on any atom is 0.294 e. The standard InChI is InChI=1S/C24H20N6O8S2/c1-11-17(23(25)29(27-11)13-3-7-15(8-4-13)39(33,34)35)19-21(31)20(22(19)32)18-12(2)28-30(24(18)26)14-5-9-16(10-6-14)40(36,37)38/h3-10,25,31H,26H2,1-2H3,(H,33,34,35)(H,36,37,38)/b19-17-,25-23?. The zero-order valence-electron chi connectivity index (χ0n) is 20.7. The lowest BCUT2D eigenvalue weighted by molar-refractivity contribution is -0.111. The van der Waals surface area contributed by atoms with Gasteiger partial charge in [0.25, 0.3) is 20.2 Å². The summed E-state index contributed by atoms with van der Waals surface area (Å²) in [6, 6.07) is 9.95. The van der Waals surface area contributed by atoms with Crippen LogP contribution in [0.1, 0.15) is 18.2 Å². The Hall–Kier alpha value is -4.64. The van der Waals surface area contributed by atoms with Gasteiger partial charge in [-0.15, -0.1) is 0 Å². The van der Waals surface area contributed by atoms with Crippen molar-refractivity contribution in [2.45, 2.75) is 23.6 Å². The molecule has 14 nitrogen and oxygen atoms in total. The minimum absolute atomic E-state index is 0.0107. The quantitative estimate of drug-likeness (QED) is 0.216. The number of hydrogen-bond donors (Lipinski definition) is 5. The first kappa shape index (κ1) is 26.9. The fourth-order valence-electron chi connectivity index (χ4n) is 4.45. The lowest BCUT2D eigenvalue weighted by atomic mass is 9.79. The van der Waals surface area contributed by atoms with Crippen LogP contribution in [0.4, 0.5) is 11.5 Å². The molecule has 206 valence electrons. The monoisotopic (exact) mass is 584 g/mol. The highest BCUT2D eigenvalue weighted by atomic mass is 32.2. The van der Waals surface area contributed by atoms with Crippen LogP contribution < -0.4 is 10.7 Å². The number of aryl methyl sites for hydroxylation is 1. The molecule has 0 saturated carbocycles. The van der Waals surface area contributed by atoms with Crippen molar-refractivity contribution in [3.8, 4) is 5.69 Å². The summed E-state index contributed by atoms with van der Waals surface area (Å²) in [6.45, 7) is 3.10. The summed E-state index contributed by atoms with van der Waals surface area (Å²) in [5.74, 6) is -1.28. The highest BCUT2D eigenvalue weighted by molar-refractivity contribution is 7.86. The van der Waals surface area contributed by atoms with Gasteiger partial charge in [0.15, 0.2) is 5.84 Å². The van der Waals surface area contributed by atoms with E-state index >= 15 is 0 Å². The molecule has 0 spiro atoms. The number of aromatic nitrogens is 2. The third-order valence-corrected chi connectivity index (χ3v) is 8.08. The van der Waals surface area contributed by atoms with Gasteiger partial charge in [0.05, 0.1) is 54.9 Å². The number of allylic oxidation sites excluding steroid dienone is 2. The van der Waals surface area contributed by atoms with Crippen LogP contribution in [0.2, 0.25) is 0 Å². The minimum atomic E-state index is -4.42. The zero-order chi connectivity index (χ0) is 29.3. The third kappa shape index (κ3) is 4.19. The van der Waals surface area contributed by atoms with Crippen molar-refractivity contribution < 1.29 is 35.8 Å². The van der Waals surface area contributed by atoms with E-state index in [2.05, 4.69) is 10.2 Å². The second kappa shape index (κ2) is 8.95. The summed E-state index contributed by atoms with van der Waals surface area (Å²) >= 11 is 0. The predicted molar refractivity (Wildman–Crippen MR) is 144 cm³/mol. The first-order valence-electron chi connectivity index (χ1n) is 11.3. The number of aliphatic hydroxyl groups excluding tert-OH is 1. The number of hydrogen-bond acceptors (Lipinski definition) is 10. The van der Waals surface area contributed by atoms with Crippen LogP contribution in [0.25, 0.3) is 11.3 Å². The van der Waals surface area contributed by atoms with Gasteiger partial charge in [-0.05, 0) is 62.4 Å². The maximum absolute atomic E-state index is 13.3. The number of rotatable bonds is 5. The number of ketones is 1. The molecule has 2 heterocycles. The Morgan fingerprint density at radius 1 is 0.825 bits per heavy atom. The Morgan fingerprint density at radius 3 is 1.80 bits per heavy atom. The van der Waals surface area contributed by atoms with Crippen molar-refractivity contribution in [1.82, 2.24) is 9.78 Å². The number of amidine groups is 1. The smallest absolute Gasteiger partial charge is 0.294 e. The van der Waals surface area contributed by atoms with Crippen LogP contribution in [0.15, 0.2) is 80.3 Å². The molecule has 40 heavy (non-hydrogen) atoms. The zero-order valence-corrected chi connectivity index (χ0v) is 22.3. The Balaban J connectivity index is 1.51. The number of nitrogens with one attached hydrogen (secondary N) is 1. The van der Waals surface area contributed by atoms with Crippen molar-refractivity contribution in [3.05, 3.63) is 76.7 Å². The van der Waals surface area contributed by atoms with E-state index in [9.17, 15) is 35.8 Å². The van der Waals surface area contributed by atoms with E-state index in [4.69, 9.17) is 11.1 Å². The molecule has 5 rings (SSSR count). The average Bonchev–Trinajstić information content (AvgIpc) is 3.33. The van der Waals surface area contributed by atoms with E-state index in [0.29, 0.717) is 11.4 Å². The molecule has 1 aliphatic carbocycles. The number of nitrogens with zero attached hydrogens (tertiary/aromatic N) is 4. The molecule has 16 heteroatoms. The summed E-state index contributed by atoms with van der Waals surface area (Å²) in [7, 11) is -8.82. The molecule has 0 bridgehead atoms. The van der Waals surface area contributed by atoms with Crippen LogP contribution in [0, 0.1) is 12.3 Å². The van der Waals surface area contributed by atoms with Crippen LogP contribution >= 0.6 is 0 Å². The Bertz CT molecular complexity index is 1950. The van der Waals surface area contributed by atoms with E-state index in [-0.39, 0.29) is 55.1 Å². The lowest BCUT2D eigenvalue weighted by Gasteiger charge is -2.24. The van der Waals surface area contributed by atoms with Crippen molar-refractivity contribution in [3.63, 3.8) is 0 Å². The number of benzene rings is 2. The summed E-state index contributed by atoms with van der Waals surface area (Å²) < 4.78 is 64.9. The number of anilines is 2. The van der Waals surface area contributed by atoms with Gasteiger partial charge in [0.2, 0.25) is 5.78 Å². The summed E-state index contributed by atoms with van der Waals surface area (Å²) in [6.07, 6.45) is 0. The number of nitrogens with two attached hydrogens (primary N) is 1. The Kier molecular flexibility index (Phi) is 6.03. The Labute approximate surface area is 227 Å². The molecule has 0 unspecified atom stereocenters. The molecule has 0 atom stereocenters. The number of carbonyl (C=O) groups is 1. The molecule has 0 amide bonds. The topological polar surface area (TPSA) is 229 Å². The maximum atomic E-state index is 13.3.